The van der Waals surface area contributed by atoms with E-state index in [9.17, 15) is 9.59 Å². The number of carbonyl (C=O) groups is 2. The summed E-state index contributed by atoms with van der Waals surface area (Å²) in [7, 11) is 0. The molecule has 24 heavy (non-hydrogen) atoms. The number of hydrogen-bond donors (Lipinski definition) is 2. The summed E-state index contributed by atoms with van der Waals surface area (Å²) < 4.78 is 0. The molecule has 0 saturated carbocycles. The Morgan fingerprint density at radius 2 is 2.08 bits per heavy atom. The van der Waals surface area contributed by atoms with Crippen LogP contribution in [0.15, 0.2) is 36.8 Å². The van der Waals surface area contributed by atoms with Gasteiger partial charge in [-0.1, -0.05) is 20.8 Å². The van der Waals surface area contributed by atoms with Gasteiger partial charge in [0.15, 0.2) is 0 Å². The lowest BCUT2D eigenvalue weighted by Gasteiger charge is -2.13. The average molecular weight is 344 g/mol. The average Bonchev–Trinajstić information content (AvgIpc) is 3.01. The van der Waals surface area contributed by atoms with Crippen LogP contribution in [0, 0.1) is 0 Å². The number of rotatable bonds is 5. The first-order valence-corrected chi connectivity index (χ1v) is 8.28. The van der Waals surface area contributed by atoms with E-state index in [0.717, 1.165) is 9.88 Å². The summed E-state index contributed by atoms with van der Waals surface area (Å²) in [4.78, 5) is 32.6. The first-order chi connectivity index (χ1) is 11.3. The second kappa shape index (κ2) is 7.83. The normalized spacial score (nSPS) is 11.5. The third-order valence-corrected chi connectivity index (χ3v) is 4.32. The van der Waals surface area contributed by atoms with Gasteiger partial charge in [0.05, 0.1) is 23.4 Å². The van der Waals surface area contributed by atoms with Gasteiger partial charge >= 0.3 is 0 Å². The minimum atomic E-state index is -0.331. The standard InChI is InChI=1S/C17H20N4O2S/c1-17(2,3)16-20-10-13(24-16)6-7-14(22)19-11-15(23)21-12-5-4-8-18-9-12/h4-10H,11H2,1-3H3,(H,19,22)(H,21,23)/b7-6+. The smallest absolute Gasteiger partial charge is 0.244 e. The van der Waals surface area contributed by atoms with E-state index in [-0.39, 0.29) is 23.8 Å². The van der Waals surface area contributed by atoms with Gasteiger partial charge in [-0.25, -0.2) is 4.98 Å². The van der Waals surface area contributed by atoms with E-state index in [4.69, 9.17) is 0 Å². The molecule has 0 unspecified atom stereocenters. The maximum atomic E-state index is 11.8. The highest BCUT2D eigenvalue weighted by Crippen LogP contribution is 2.27. The zero-order valence-electron chi connectivity index (χ0n) is 13.9. The second-order valence-corrected chi connectivity index (χ2v) is 7.22. The Labute approximate surface area is 145 Å². The van der Waals surface area contributed by atoms with Gasteiger partial charge in [-0.2, -0.15) is 0 Å². The topological polar surface area (TPSA) is 84.0 Å². The molecule has 0 radical (unpaired) electrons. The van der Waals surface area contributed by atoms with Crippen molar-refractivity contribution in [1.29, 1.82) is 0 Å². The molecular formula is C17H20N4O2S. The monoisotopic (exact) mass is 344 g/mol. The van der Waals surface area contributed by atoms with Crippen molar-refractivity contribution in [3.05, 3.63) is 46.7 Å². The predicted molar refractivity (Wildman–Crippen MR) is 95.7 cm³/mol. The van der Waals surface area contributed by atoms with Crippen LogP contribution in [0.5, 0.6) is 0 Å². The molecule has 0 fully saturated rings. The van der Waals surface area contributed by atoms with Crippen LogP contribution in [0.1, 0.15) is 30.7 Å². The van der Waals surface area contributed by atoms with Crippen molar-refractivity contribution in [3.63, 3.8) is 0 Å². The Bertz CT molecular complexity index is 733. The van der Waals surface area contributed by atoms with Crippen molar-refractivity contribution < 1.29 is 9.59 Å². The van der Waals surface area contributed by atoms with Crippen LogP contribution in [0.4, 0.5) is 5.69 Å². The van der Waals surface area contributed by atoms with E-state index in [2.05, 4.69) is 41.4 Å². The summed E-state index contributed by atoms with van der Waals surface area (Å²) >= 11 is 1.54. The highest BCUT2D eigenvalue weighted by Gasteiger charge is 2.17. The largest absolute Gasteiger partial charge is 0.343 e. The molecule has 0 atom stereocenters. The minimum Gasteiger partial charge on any atom is -0.343 e. The zero-order chi connectivity index (χ0) is 17.6. The molecule has 0 aromatic carbocycles. The maximum absolute atomic E-state index is 11.8. The van der Waals surface area contributed by atoms with Crippen molar-refractivity contribution in [2.24, 2.45) is 0 Å². The van der Waals surface area contributed by atoms with Crippen LogP contribution < -0.4 is 10.6 Å². The minimum absolute atomic E-state index is 0.0105. The van der Waals surface area contributed by atoms with Crippen LogP contribution in [-0.4, -0.2) is 28.3 Å². The van der Waals surface area contributed by atoms with E-state index in [1.165, 1.54) is 12.3 Å². The van der Waals surface area contributed by atoms with Gasteiger partial charge in [0, 0.05) is 28.8 Å². The molecule has 2 rings (SSSR count). The Balaban J connectivity index is 1.80. The first-order valence-electron chi connectivity index (χ1n) is 7.47. The lowest BCUT2D eigenvalue weighted by Crippen LogP contribution is -2.31. The molecule has 0 aliphatic heterocycles. The molecule has 0 aliphatic rings. The first kappa shape index (κ1) is 17.8. The number of nitrogens with one attached hydrogen (secondary N) is 2. The van der Waals surface area contributed by atoms with Crippen LogP contribution in [0.2, 0.25) is 0 Å². The second-order valence-electron chi connectivity index (χ2n) is 6.16. The molecule has 126 valence electrons. The number of pyridine rings is 1. The summed E-state index contributed by atoms with van der Waals surface area (Å²) in [6, 6.07) is 3.45. The predicted octanol–water partition coefficient (Wildman–Crippen LogP) is 2.60. The van der Waals surface area contributed by atoms with Crippen LogP contribution in [0.3, 0.4) is 0 Å². The fraction of sp³-hybridized carbons (Fsp3) is 0.294. The van der Waals surface area contributed by atoms with Crippen LogP contribution in [0.25, 0.3) is 6.08 Å². The molecule has 0 bridgehead atoms. The lowest BCUT2D eigenvalue weighted by molar-refractivity contribution is -0.121. The number of anilines is 1. The summed E-state index contributed by atoms with van der Waals surface area (Å²) in [5.41, 5.74) is 0.579. The Kier molecular flexibility index (Phi) is 5.81. The highest BCUT2D eigenvalue weighted by molar-refractivity contribution is 7.12. The van der Waals surface area contributed by atoms with Gasteiger partial charge < -0.3 is 10.6 Å². The molecule has 0 spiro atoms. The molecule has 6 nitrogen and oxygen atoms in total. The van der Waals surface area contributed by atoms with Crippen molar-refractivity contribution in [2.75, 3.05) is 11.9 Å². The van der Waals surface area contributed by atoms with Gasteiger partial charge in [-0.05, 0) is 18.2 Å². The third kappa shape index (κ3) is 5.58. The van der Waals surface area contributed by atoms with Crippen molar-refractivity contribution in [2.45, 2.75) is 26.2 Å². The fourth-order valence-electron chi connectivity index (χ4n) is 1.74. The van der Waals surface area contributed by atoms with Crippen LogP contribution in [-0.2, 0) is 15.0 Å². The number of aromatic nitrogens is 2. The van der Waals surface area contributed by atoms with Gasteiger partial charge in [-0.3, -0.25) is 14.6 Å². The summed E-state index contributed by atoms with van der Waals surface area (Å²) in [5, 5.41) is 6.19. The van der Waals surface area contributed by atoms with Gasteiger partial charge in [0.2, 0.25) is 11.8 Å². The molecule has 2 N–H and O–H groups in total. The van der Waals surface area contributed by atoms with E-state index in [1.54, 1.807) is 41.9 Å². The van der Waals surface area contributed by atoms with E-state index in [0.29, 0.717) is 5.69 Å². The summed E-state index contributed by atoms with van der Waals surface area (Å²) in [6.45, 7) is 6.17. The van der Waals surface area contributed by atoms with Gasteiger partial charge in [-0.15, -0.1) is 11.3 Å². The van der Waals surface area contributed by atoms with Gasteiger partial charge in [0.25, 0.3) is 0 Å². The Hall–Kier alpha value is -2.54. The third-order valence-electron chi connectivity index (χ3n) is 2.93. The number of carbonyl (C=O) groups excluding carboxylic acids is 2. The van der Waals surface area contributed by atoms with Crippen molar-refractivity contribution in [3.8, 4) is 0 Å². The summed E-state index contributed by atoms with van der Waals surface area (Å²) in [6.07, 6.45) is 7.99. The Morgan fingerprint density at radius 3 is 2.71 bits per heavy atom. The van der Waals surface area contributed by atoms with Crippen molar-refractivity contribution in [1.82, 2.24) is 15.3 Å². The van der Waals surface area contributed by atoms with E-state index < -0.39 is 0 Å². The molecule has 2 aromatic rings. The number of hydrogen-bond acceptors (Lipinski definition) is 5. The Morgan fingerprint density at radius 1 is 1.29 bits per heavy atom. The number of nitrogens with zero attached hydrogens (tertiary/aromatic N) is 2. The molecular weight excluding hydrogens is 324 g/mol. The van der Waals surface area contributed by atoms with Crippen LogP contribution >= 0.6 is 11.3 Å². The summed E-state index contributed by atoms with van der Waals surface area (Å²) in [5.74, 6) is -0.639. The maximum Gasteiger partial charge on any atom is 0.244 e. The number of amides is 2. The molecule has 2 heterocycles. The molecule has 0 aliphatic carbocycles. The molecule has 2 aromatic heterocycles. The lowest BCUT2D eigenvalue weighted by atomic mass is 9.98. The number of thiazole rings is 1. The van der Waals surface area contributed by atoms with Crippen molar-refractivity contribution >= 4 is 34.9 Å². The van der Waals surface area contributed by atoms with E-state index >= 15 is 0 Å². The zero-order valence-corrected chi connectivity index (χ0v) is 14.7. The molecule has 7 heteroatoms. The fourth-order valence-corrected chi connectivity index (χ4v) is 2.61. The highest BCUT2D eigenvalue weighted by atomic mass is 32.1. The molecule has 0 saturated heterocycles. The quantitative estimate of drug-likeness (QED) is 0.817. The molecule has 2 amide bonds. The SMILES string of the molecule is CC(C)(C)c1ncc(/C=C/C(=O)NCC(=O)Nc2cccnc2)s1. The van der Waals surface area contributed by atoms with E-state index in [1.807, 2.05) is 0 Å². The van der Waals surface area contributed by atoms with Gasteiger partial charge in [0.1, 0.15) is 0 Å².